The second-order valence-electron chi connectivity index (χ2n) is 6.78. The lowest BCUT2D eigenvalue weighted by atomic mass is 10.0. The minimum Gasteiger partial charge on any atom is -0.399 e. The molecule has 1 aliphatic rings. The molecule has 1 fully saturated rings. The Balaban J connectivity index is 2.42. The van der Waals surface area contributed by atoms with Crippen molar-refractivity contribution in [3.8, 4) is 5.75 Å². The molecule has 0 aliphatic heterocycles. The van der Waals surface area contributed by atoms with Crippen LogP contribution in [0.2, 0.25) is 5.02 Å². The van der Waals surface area contributed by atoms with E-state index in [1.807, 2.05) is 0 Å². The molecule has 2 rings (SSSR count). The van der Waals surface area contributed by atoms with E-state index in [1.54, 1.807) is 0 Å². The van der Waals surface area contributed by atoms with Gasteiger partial charge >= 0.3 is 12.5 Å². The predicted molar refractivity (Wildman–Crippen MR) is 82.5 cm³/mol. The van der Waals surface area contributed by atoms with Gasteiger partial charge in [0, 0.05) is 5.56 Å². The number of ether oxygens (including phenoxy) is 1. The number of alkyl halides is 6. The Morgan fingerprint density at radius 2 is 1.57 bits per heavy atom. The maximum absolute atomic E-state index is 14.3. The Morgan fingerprint density at radius 3 is 2.04 bits per heavy atom. The van der Waals surface area contributed by atoms with E-state index in [0.717, 1.165) is 0 Å². The molecule has 1 aromatic rings. The lowest BCUT2D eigenvalue weighted by Gasteiger charge is -2.15. The zero-order valence-corrected chi connectivity index (χ0v) is 15.5. The lowest BCUT2D eigenvalue weighted by Crippen LogP contribution is -2.20. The van der Waals surface area contributed by atoms with Gasteiger partial charge in [-0.2, -0.15) is 13.2 Å². The minimum atomic E-state index is -5.48. The first-order chi connectivity index (χ1) is 12.5. The summed E-state index contributed by atoms with van der Waals surface area (Å²) in [6.45, 7) is 2.96. The topological polar surface area (TPSA) is 9.23 Å². The molecule has 2 atom stereocenters. The highest BCUT2D eigenvalue weighted by Gasteiger charge is 2.57. The fourth-order valence-corrected chi connectivity index (χ4v) is 3.36. The van der Waals surface area contributed by atoms with E-state index in [1.165, 1.54) is 13.8 Å². The van der Waals surface area contributed by atoms with Crippen LogP contribution in [0.25, 0.3) is 0 Å². The largest absolute Gasteiger partial charge is 0.573 e. The summed E-state index contributed by atoms with van der Waals surface area (Å²) in [6.07, 6.45) is -10.3. The molecule has 0 bridgehead atoms. The van der Waals surface area contributed by atoms with Crippen LogP contribution in [0, 0.1) is 34.7 Å². The van der Waals surface area contributed by atoms with E-state index >= 15 is 0 Å². The average Bonchev–Trinajstić information content (AvgIpc) is 3.03. The SMILES string of the molecule is CC1(C)C(C=C(Cl)C(F)(F)F)C1Cc1c(F)c(Cl)c(F)c(OC(F)(F)F)c1F. The van der Waals surface area contributed by atoms with Crippen molar-refractivity contribution in [1.82, 2.24) is 0 Å². The molecule has 1 aromatic carbocycles. The summed E-state index contributed by atoms with van der Waals surface area (Å²) in [5.41, 5.74) is -1.93. The van der Waals surface area contributed by atoms with Crippen molar-refractivity contribution in [2.75, 3.05) is 0 Å². The Bertz CT molecular complexity index is 812. The first-order valence-corrected chi connectivity index (χ1v) is 8.29. The smallest absolute Gasteiger partial charge is 0.399 e. The zero-order chi connectivity index (χ0) is 21.8. The van der Waals surface area contributed by atoms with E-state index in [0.29, 0.717) is 6.08 Å². The van der Waals surface area contributed by atoms with E-state index < -0.39 is 75.0 Å². The Morgan fingerprint density at radius 1 is 1.04 bits per heavy atom. The summed E-state index contributed by atoms with van der Waals surface area (Å²) in [5.74, 6) is -9.34. The van der Waals surface area contributed by atoms with Crippen molar-refractivity contribution < 1.29 is 44.3 Å². The fourth-order valence-electron chi connectivity index (χ4n) is 3.02. The normalized spacial score (nSPS) is 22.4. The van der Waals surface area contributed by atoms with Crippen LogP contribution in [0.1, 0.15) is 19.4 Å². The molecular formula is C16H11Cl2F9O. The molecule has 0 radical (unpaired) electrons. The highest BCUT2D eigenvalue weighted by Crippen LogP contribution is 2.61. The van der Waals surface area contributed by atoms with Gasteiger partial charge in [0.2, 0.25) is 5.75 Å². The summed E-state index contributed by atoms with van der Waals surface area (Å²) in [4.78, 5) is 0. The summed E-state index contributed by atoms with van der Waals surface area (Å²) >= 11 is 10.5. The van der Waals surface area contributed by atoms with Gasteiger partial charge in [-0.25, -0.2) is 13.2 Å². The zero-order valence-electron chi connectivity index (χ0n) is 14.0. The molecule has 0 heterocycles. The van der Waals surface area contributed by atoms with Gasteiger partial charge in [0.05, 0.1) is 0 Å². The highest BCUT2D eigenvalue weighted by molar-refractivity contribution is 6.31. The molecule has 158 valence electrons. The van der Waals surface area contributed by atoms with E-state index in [9.17, 15) is 39.5 Å². The summed E-state index contributed by atoms with van der Waals surface area (Å²) in [5, 5.41) is -2.86. The van der Waals surface area contributed by atoms with Crippen molar-refractivity contribution in [3.63, 3.8) is 0 Å². The van der Waals surface area contributed by atoms with Crippen molar-refractivity contribution in [1.29, 1.82) is 0 Å². The van der Waals surface area contributed by atoms with Gasteiger partial charge in [-0.15, -0.1) is 13.2 Å². The van der Waals surface area contributed by atoms with E-state index in [4.69, 9.17) is 23.2 Å². The number of allylic oxidation sites excluding steroid dienone is 2. The maximum atomic E-state index is 14.3. The van der Waals surface area contributed by atoms with Gasteiger partial charge < -0.3 is 4.74 Å². The summed E-state index contributed by atoms with van der Waals surface area (Å²) < 4.78 is 120. The molecule has 1 saturated carbocycles. The van der Waals surface area contributed by atoms with Crippen LogP contribution in [0.4, 0.5) is 39.5 Å². The number of halogens is 11. The average molecular weight is 461 g/mol. The Labute approximate surface area is 163 Å². The number of hydrogen-bond donors (Lipinski definition) is 0. The molecule has 0 spiro atoms. The van der Waals surface area contributed by atoms with Gasteiger partial charge in [0.15, 0.2) is 17.5 Å². The second-order valence-corrected chi connectivity index (χ2v) is 7.57. The predicted octanol–water partition coefficient (Wildman–Crippen LogP) is 7.16. The van der Waals surface area contributed by atoms with E-state index in [-0.39, 0.29) is 0 Å². The number of benzene rings is 1. The Kier molecular flexibility index (Phi) is 5.91. The molecular weight excluding hydrogens is 450 g/mol. The van der Waals surface area contributed by atoms with Crippen LogP contribution in [-0.4, -0.2) is 12.5 Å². The monoisotopic (exact) mass is 460 g/mol. The van der Waals surface area contributed by atoms with Gasteiger partial charge in [0.1, 0.15) is 10.1 Å². The third kappa shape index (κ3) is 4.48. The van der Waals surface area contributed by atoms with Crippen LogP contribution >= 0.6 is 23.2 Å². The molecule has 28 heavy (non-hydrogen) atoms. The quantitative estimate of drug-likeness (QED) is 0.263. The first kappa shape index (κ1) is 23.0. The van der Waals surface area contributed by atoms with E-state index in [2.05, 4.69) is 4.74 Å². The van der Waals surface area contributed by atoms with Crippen molar-refractivity contribution >= 4 is 23.2 Å². The van der Waals surface area contributed by atoms with Crippen molar-refractivity contribution in [2.45, 2.75) is 32.8 Å². The lowest BCUT2D eigenvalue weighted by molar-refractivity contribution is -0.276. The van der Waals surface area contributed by atoms with Crippen LogP contribution in [0.15, 0.2) is 11.1 Å². The number of rotatable bonds is 4. The molecule has 0 amide bonds. The Hall–Kier alpha value is -1.29. The first-order valence-electron chi connectivity index (χ1n) is 7.53. The summed E-state index contributed by atoms with van der Waals surface area (Å²) in [6, 6.07) is 0. The molecule has 1 aliphatic carbocycles. The third-order valence-corrected chi connectivity index (χ3v) is 5.36. The van der Waals surface area contributed by atoms with Gasteiger partial charge in [-0.05, 0) is 23.7 Å². The number of hydrogen-bond acceptors (Lipinski definition) is 1. The molecule has 2 unspecified atom stereocenters. The molecule has 1 nitrogen and oxygen atoms in total. The highest BCUT2D eigenvalue weighted by atomic mass is 35.5. The molecule has 0 N–H and O–H groups in total. The van der Waals surface area contributed by atoms with Crippen molar-refractivity contribution in [2.24, 2.45) is 17.3 Å². The summed E-state index contributed by atoms with van der Waals surface area (Å²) in [7, 11) is 0. The van der Waals surface area contributed by atoms with Crippen LogP contribution in [0.3, 0.4) is 0 Å². The minimum absolute atomic E-state index is 0.651. The van der Waals surface area contributed by atoms with Crippen molar-refractivity contribution in [3.05, 3.63) is 39.1 Å². The van der Waals surface area contributed by atoms with Crippen LogP contribution in [0.5, 0.6) is 5.75 Å². The van der Waals surface area contributed by atoms with Crippen LogP contribution in [-0.2, 0) is 6.42 Å². The van der Waals surface area contributed by atoms with Gasteiger partial charge in [-0.1, -0.05) is 43.1 Å². The molecule has 12 heteroatoms. The van der Waals surface area contributed by atoms with Gasteiger partial charge in [0.25, 0.3) is 0 Å². The molecule has 0 aromatic heterocycles. The molecule has 0 saturated heterocycles. The standard InChI is InChI=1S/C16H11Cl2F9O/c1-14(2)6(7(14)4-8(17)15(22,23)24)3-5-10(19)9(18)12(21)13(11(5)20)28-16(25,26)27/h4,6-7H,3H2,1-2H3. The second kappa shape index (κ2) is 7.19. The maximum Gasteiger partial charge on any atom is 0.573 e. The third-order valence-electron chi connectivity index (χ3n) is 4.69. The fraction of sp³-hybridized carbons (Fsp3) is 0.500. The van der Waals surface area contributed by atoms with Gasteiger partial charge in [-0.3, -0.25) is 0 Å². The van der Waals surface area contributed by atoms with Crippen LogP contribution < -0.4 is 4.74 Å².